The average Bonchev–Trinajstić information content (AvgIpc) is 1.59. The molecular weight excluding hydrogens is 146 g/mol. The summed E-state index contributed by atoms with van der Waals surface area (Å²) in [5, 5.41) is 3.51. The maximum Gasteiger partial charge on any atom is 0.257 e. The van der Waals surface area contributed by atoms with Crippen molar-refractivity contribution in [1.29, 1.82) is 0 Å². The molecule has 0 heterocycles. The standard InChI is InChI=1S/C7H15NOS/c1-5-9-6(10)8-7(2,3)4/h5H2,1-4H3,(H,8,10). The molecule has 0 radical (unpaired) electrons. The second kappa shape index (κ2) is 3.76. The Balaban J connectivity index is 3.58. The van der Waals surface area contributed by atoms with Crippen LogP contribution in [0.15, 0.2) is 0 Å². The van der Waals surface area contributed by atoms with Gasteiger partial charge < -0.3 is 10.1 Å². The Labute approximate surface area is 68.0 Å². The summed E-state index contributed by atoms with van der Waals surface area (Å²) in [6.45, 7) is 8.66. The topological polar surface area (TPSA) is 21.3 Å². The highest BCUT2D eigenvalue weighted by Gasteiger charge is 2.10. The van der Waals surface area contributed by atoms with E-state index in [2.05, 4.69) is 5.32 Å². The van der Waals surface area contributed by atoms with Gasteiger partial charge in [0.15, 0.2) is 0 Å². The highest BCUT2D eigenvalue weighted by Crippen LogP contribution is 1.98. The van der Waals surface area contributed by atoms with Crippen LogP contribution in [0.4, 0.5) is 0 Å². The Kier molecular flexibility index (Phi) is 3.64. The van der Waals surface area contributed by atoms with Crippen LogP contribution >= 0.6 is 12.2 Å². The van der Waals surface area contributed by atoms with Crippen LogP contribution in [0, 0.1) is 0 Å². The van der Waals surface area contributed by atoms with Gasteiger partial charge in [-0.2, -0.15) is 0 Å². The van der Waals surface area contributed by atoms with Crippen LogP contribution in [0.5, 0.6) is 0 Å². The zero-order valence-electron chi connectivity index (χ0n) is 7.02. The zero-order valence-corrected chi connectivity index (χ0v) is 7.84. The maximum absolute atomic E-state index is 5.04. The third-order valence-corrected chi connectivity index (χ3v) is 0.972. The predicted molar refractivity (Wildman–Crippen MR) is 47.1 cm³/mol. The molecule has 60 valence electrons. The van der Waals surface area contributed by atoms with Crippen LogP contribution in [0.2, 0.25) is 0 Å². The Bertz CT molecular complexity index is 117. The van der Waals surface area contributed by atoms with Crippen LogP contribution in [0.25, 0.3) is 0 Å². The van der Waals surface area contributed by atoms with Gasteiger partial charge >= 0.3 is 0 Å². The van der Waals surface area contributed by atoms with Gasteiger partial charge in [0.25, 0.3) is 5.17 Å². The predicted octanol–water partition coefficient (Wildman–Crippen LogP) is 1.70. The lowest BCUT2D eigenvalue weighted by molar-refractivity contribution is 0.304. The molecule has 0 atom stereocenters. The normalized spacial score (nSPS) is 10.8. The summed E-state index contributed by atoms with van der Waals surface area (Å²) >= 11 is 4.87. The summed E-state index contributed by atoms with van der Waals surface area (Å²) in [6, 6.07) is 0. The van der Waals surface area contributed by atoms with Crippen LogP contribution in [0.3, 0.4) is 0 Å². The number of rotatable bonds is 1. The number of hydrogen-bond acceptors (Lipinski definition) is 2. The van der Waals surface area contributed by atoms with Crippen molar-refractivity contribution >= 4 is 17.4 Å². The third-order valence-electron chi connectivity index (χ3n) is 0.752. The van der Waals surface area contributed by atoms with Crippen molar-refractivity contribution in [2.75, 3.05) is 6.61 Å². The van der Waals surface area contributed by atoms with E-state index in [4.69, 9.17) is 17.0 Å². The first kappa shape index (κ1) is 9.69. The second-order valence-corrected chi connectivity index (χ2v) is 3.47. The Morgan fingerprint density at radius 2 is 2.00 bits per heavy atom. The molecule has 0 spiro atoms. The van der Waals surface area contributed by atoms with Gasteiger partial charge in [-0.3, -0.25) is 0 Å². The van der Waals surface area contributed by atoms with Gasteiger partial charge in [0, 0.05) is 5.54 Å². The maximum atomic E-state index is 5.04. The van der Waals surface area contributed by atoms with Crippen molar-refractivity contribution in [2.45, 2.75) is 33.2 Å². The average molecular weight is 161 g/mol. The van der Waals surface area contributed by atoms with Crippen molar-refractivity contribution < 1.29 is 4.74 Å². The highest BCUT2D eigenvalue weighted by molar-refractivity contribution is 7.80. The number of hydrogen-bond donors (Lipinski definition) is 1. The quantitative estimate of drug-likeness (QED) is 0.591. The highest BCUT2D eigenvalue weighted by atomic mass is 32.1. The van der Waals surface area contributed by atoms with E-state index >= 15 is 0 Å². The Morgan fingerprint density at radius 3 is 2.30 bits per heavy atom. The largest absolute Gasteiger partial charge is 0.471 e. The van der Waals surface area contributed by atoms with E-state index < -0.39 is 0 Å². The van der Waals surface area contributed by atoms with E-state index in [0.717, 1.165) is 0 Å². The lowest BCUT2D eigenvalue weighted by atomic mass is 10.1. The fraction of sp³-hybridized carbons (Fsp3) is 0.857. The number of thiocarbonyl (C=S) groups is 1. The molecule has 0 aliphatic rings. The monoisotopic (exact) mass is 161 g/mol. The minimum absolute atomic E-state index is 0.00620. The molecule has 0 unspecified atom stereocenters. The van der Waals surface area contributed by atoms with Crippen LogP contribution in [0.1, 0.15) is 27.7 Å². The van der Waals surface area contributed by atoms with Gasteiger partial charge in [0.2, 0.25) is 0 Å². The third kappa shape index (κ3) is 5.82. The summed E-state index contributed by atoms with van der Waals surface area (Å²) in [6.07, 6.45) is 0. The van der Waals surface area contributed by atoms with Crippen LogP contribution in [-0.4, -0.2) is 17.3 Å². The van der Waals surface area contributed by atoms with Gasteiger partial charge in [-0.05, 0) is 39.9 Å². The molecular formula is C7H15NOS. The molecule has 0 aromatic heterocycles. The summed E-state index contributed by atoms with van der Waals surface area (Å²) in [5.41, 5.74) is 0.00620. The van der Waals surface area contributed by atoms with Gasteiger partial charge in [0.05, 0.1) is 6.61 Å². The summed E-state index contributed by atoms with van der Waals surface area (Å²) < 4.78 is 5.04. The minimum atomic E-state index is 0.00620. The van der Waals surface area contributed by atoms with E-state index in [9.17, 15) is 0 Å². The fourth-order valence-corrected chi connectivity index (χ4v) is 0.897. The van der Waals surface area contributed by atoms with Crippen molar-refractivity contribution in [3.8, 4) is 0 Å². The molecule has 10 heavy (non-hydrogen) atoms. The van der Waals surface area contributed by atoms with Gasteiger partial charge in [-0.15, -0.1) is 0 Å². The SMILES string of the molecule is CCOC(=S)NC(C)(C)C. The molecule has 0 aromatic carbocycles. The molecule has 1 N–H and O–H groups in total. The van der Waals surface area contributed by atoms with Crippen LogP contribution in [-0.2, 0) is 4.74 Å². The first-order valence-electron chi connectivity index (χ1n) is 3.40. The molecule has 0 aliphatic carbocycles. The van der Waals surface area contributed by atoms with E-state index in [-0.39, 0.29) is 5.54 Å². The first-order chi connectivity index (χ1) is 4.45. The van der Waals surface area contributed by atoms with Crippen molar-refractivity contribution in [1.82, 2.24) is 5.32 Å². The molecule has 2 nitrogen and oxygen atoms in total. The summed E-state index contributed by atoms with van der Waals surface area (Å²) in [7, 11) is 0. The minimum Gasteiger partial charge on any atom is -0.471 e. The van der Waals surface area contributed by atoms with E-state index in [1.807, 2.05) is 27.7 Å². The lowest BCUT2D eigenvalue weighted by Crippen LogP contribution is -2.40. The lowest BCUT2D eigenvalue weighted by Gasteiger charge is -2.21. The molecule has 0 amide bonds. The number of nitrogens with one attached hydrogen (secondary N) is 1. The van der Waals surface area contributed by atoms with Crippen LogP contribution < -0.4 is 5.32 Å². The van der Waals surface area contributed by atoms with Crippen molar-refractivity contribution in [3.63, 3.8) is 0 Å². The van der Waals surface area contributed by atoms with Crippen molar-refractivity contribution in [3.05, 3.63) is 0 Å². The van der Waals surface area contributed by atoms with Gasteiger partial charge in [0.1, 0.15) is 0 Å². The number of ether oxygens (including phenoxy) is 1. The Hall–Kier alpha value is -0.310. The summed E-state index contributed by atoms with van der Waals surface area (Å²) in [5.74, 6) is 0. The molecule has 3 heteroatoms. The van der Waals surface area contributed by atoms with Gasteiger partial charge in [-0.25, -0.2) is 0 Å². The molecule has 0 bridgehead atoms. The molecule has 0 aliphatic heterocycles. The molecule has 0 aromatic rings. The molecule has 0 rings (SSSR count). The van der Waals surface area contributed by atoms with E-state index in [0.29, 0.717) is 11.8 Å². The molecule has 0 saturated heterocycles. The van der Waals surface area contributed by atoms with E-state index in [1.54, 1.807) is 0 Å². The summed E-state index contributed by atoms with van der Waals surface area (Å²) in [4.78, 5) is 0. The zero-order chi connectivity index (χ0) is 8.20. The van der Waals surface area contributed by atoms with E-state index in [1.165, 1.54) is 0 Å². The Morgan fingerprint density at radius 1 is 1.50 bits per heavy atom. The molecule has 0 fully saturated rings. The first-order valence-corrected chi connectivity index (χ1v) is 3.81. The smallest absolute Gasteiger partial charge is 0.257 e. The second-order valence-electron chi connectivity index (χ2n) is 3.10. The fourth-order valence-electron chi connectivity index (χ4n) is 0.473. The van der Waals surface area contributed by atoms with Crippen molar-refractivity contribution in [2.24, 2.45) is 0 Å². The van der Waals surface area contributed by atoms with Gasteiger partial charge in [-0.1, -0.05) is 0 Å². The molecule has 0 saturated carbocycles.